The molecule has 0 heterocycles. The SMILES string of the molecule is CC.CC(=O)c1ccccc1SC(F)F.CCC1CCC(C)CC1. The number of halogens is 2. The lowest BCUT2D eigenvalue weighted by molar-refractivity contribution is 0.101. The third kappa shape index (κ3) is 9.41. The van der Waals surface area contributed by atoms with Crippen molar-refractivity contribution in [2.45, 2.75) is 77.4 Å². The largest absolute Gasteiger partial charge is 0.294 e. The topological polar surface area (TPSA) is 17.1 Å². The van der Waals surface area contributed by atoms with E-state index in [1.165, 1.54) is 45.1 Å². The summed E-state index contributed by atoms with van der Waals surface area (Å²) >= 11 is 0.399. The van der Waals surface area contributed by atoms with Crippen LogP contribution in [-0.2, 0) is 0 Å². The van der Waals surface area contributed by atoms with E-state index in [4.69, 9.17) is 0 Å². The highest BCUT2D eigenvalue weighted by Crippen LogP contribution is 2.30. The van der Waals surface area contributed by atoms with Crippen molar-refractivity contribution < 1.29 is 13.6 Å². The number of hydrogen-bond acceptors (Lipinski definition) is 2. The van der Waals surface area contributed by atoms with Crippen LogP contribution in [0.15, 0.2) is 29.2 Å². The first kappa shape index (κ1) is 23.1. The van der Waals surface area contributed by atoms with Crippen LogP contribution in [0.25, 0.3) is 0 Å². The fourth-order valence-corrected chi connectivity index (χ4v) is 3.38. The summed E-state index contributed by atoms with van der Waals surface area (Å²) in [5, 5.41) is 0. The van der Waals surface area contributed by atoms with E-state index >= 15 is 0 Å². The van der Waals surface area contributed by atoms with Gasteiger partial charge in [-0.25, -0.2) is 0 Å². The number of hydrogen-bond donors (Lipinski definition) is 0. The van der Waals surface area contributed by atoms with Crippen LogP contribution in [0, 0.1) is 11.8 Å². The Balaban J connectivity index is 0.000000420. The molecule has 4 heteroatoms. The standard InChI is InChI=1S/C9H8F2OS.C9H18.C2H6/c1-6(12)7-4-2-3-5-8(7)13-9(10)11;1-3-9-6-4-8(2)5-7-9;1-2/h2-5,9H,1H3;8-9H,3-7H2,1-2H3;1-2H3. The van der Waals surface area contributed by atoms with Crippen LogP contribution in [0.5, 0.6) is 0 Å². The van der Waals surface area contributed by atoms with Gasteiger partial charge in [0.25, 0.3) is 5.76 Å². The zero-order valence-corrected chi connectivity index (χ0v) is 16.5. The van der Waals surface area contributed by atoms with Gasteiger partial charge in [-0.1, -0.05) is 89.8 Å². The van der Waals surface area contributed by atoms with Gasteiger partial charge < -0.3 is 0 Å². The summed E-state index contributed by atoms with van der Waals surface area (Å²) in [4.78, 5) is 11.3. The van der Waals surface area contributed by atoms with E-state index in [-0.39, 0.29) is 5.78 Å². The van der Waals surface area contributed by atoms with Crippen molar-refractivity contribution >= 4 is 17.5 Å². The fraction of sp³-hybridized carbons (Fsp3) is 0.650. The third-order valence-corrected chi connectivity index (χ3v) is 4.98. The summed E-state index contributed by atoms with van der Waals surface area (Å²) < 4.78 is 24.0. The second-order valence-corrected chi connectivity index (χ2v) is 7.00. The summed E-state index contributed by atoms with van der Waals surface area (Å²) in [5.74, 6) is -0.585. The summed E-state index contributed by atoms with van der Waals surface area (Å²) in [6, 6.07) is 6.37. The zero-order chi connectivity index (χ0) is 18.5. The Morgan fingerprint density at radius 2 is 1.71 bits per heavy atom. The zero-order valence-electron chi connectivity index (χ0n) is 15.6. The number of carbonyl (C=O) groups excluding carboxylic acids is 1. The number of rotatable bonds is 4. The first-order valence-electron chi connectivity index (χ1n) is 8.98. The van der Waals surface area contributed by atoms with E-state index in [0.717, 1.165) is 11.8 Å². The van der Waals surface area contributed by atoms with Crippen LogP contribution in [0.1, 0.15) is 77.1 Å². The van der Waals surface area contributed by atoms with Gasteiger partial charge >= 0.3 is 0 Å². The van der Waals surface area contributed by atoms with Crippen LogP contribution >= 0.6 is 11.8 Å². The van der Waals surface area contributed by atoms with Gasteiger partial charge in [0.05, 0.1) is 0 Å². The predicted octanol–water partition coefficient (Wildman–Crippen LogP) is 7.45. The van der Waals surface area contributed by atoms with Crippen LogP contribution in [0.4, 0.5) is 8.78 Å². The van der Waals surface area contributed by atoms with Gasteiger partial charge in [-0.2, -0.15) is 8.78 Å². The Kier molecular flexibility index (Phi) is 12.9. The summed E-state index contributed by atoms with van der Waals surface area (Å²) in [6.07, 6.45) is 7.37. The number of thioether (sulfide) groups is 1. The van der Waals surface area contributed by atoms with Gasteiger partial charge in [-0.05, 0) is 24.8 Å². The molecule has 2 rings (SSSR count). The molecule has 1 fully saturated rings. The molecule has 0 aliphatic heterocycles. The first-order chi connectivity index (χ1) is 11.4. The van der Waals surface area contributed by atoms with Crippen LogP contribution in [-0.4, -0.2) is 11.5 Å². The lowest BCUT2D eigenvalue weighted by Crippen LogP contribution is -2.10. The Hall–Kier alpha value is -0.900. The number of ketones is 1. The molecular weight excluding hydrogens is 326 g/mol. The molecule has 0 N–H and O–H groups in total. The summed E-state index contributed by atoms with van der Waals surface area (Å²) in [6.45, 7) is 10.1. The van der Waals surface area contributed by atoms with Gasteiger partial charge in [0.1, 0.15) is 0 Å². The van der Waals surface area contributed by atoms with Crippen molar-refractivity contribution in [3.05, 3.63) is 29.8 Å². The molecule has 0 amide bonds. The lowest BCUT2D eigenvalue weighted by atomic mass is 9.82. The molecule has 138 valence electrons. The first-order valence-corrected chi connectivity index (χ1v) is 9.86. The molecule has 0 aromatic heterocycles. The fourth-order valence-electron chi connectivity index (χ4n) is 2.69. The minimum atomic E-state index is -2.49. The summed E-state index contributed by atoms with van der Waals surface area (Å²) in [7, 11) is 0. The van der Waals surface area contributed by atoms with Crippen LogP contribution in [0.2, 0.25) is 0 Å². The quantitative estimate of drug-likeness (QED) is 0.410. The number of carbonyl (C=O) groups is 1. The predicted molar refractivity (Wildman–Crippen MR) is 101 cm³/mol. The maximum Gasteiger partial charge on any atom is 0.288 e. The van der Waals surface area contributed by atoms with Gasteiger partial charge in [-0.3, -0.25) is 4.79 Å². The van der Waals surface area contributed by atoms with Crippen molar-refractivity contribution in [2.75, 3.05) is 0 Å². The molecule has 0 unspecified atom stereocenters. The molecule has 0 atom stereocenters. The van der Waals surface area contributed by atoms with E-state index in [1.807, 2.05) is 13.8 Å². The minimum Gasteiger partial charge on any atom is -0.294 e. The molecule has 1 aliphatic rings. The summed E-state index contributed by atoms with van der Waals surface area (Å²) in [5.41, 5.74) is 0.354. The number of benzene rings is 1. The van der Waals surface area contributed by atoms with Crippen molar-refractivity contribution in [3.8, 4) is 0 Å². The van der Waals surface area contributed by atoms with E-state index in [9.17, 15) is 13.6 Å². The van der Waals surface area contributed by atoms with E-state index in [1.54, 1.807) is 18.2 Å². The molecule has 0 radical (unpaired) electrons. The smallest absolute Gasteiger partial charge is 0.288 e. The molecule has 1 aromatic carbocycles. The molecule has 0 saturated heterocycles. The normalized spacial score (nSPS) is 19.7. The van der Waals surface area contributed by atoms with Crippen molar-refractivity contribution in [3.63, 3.8) is 0 Å². The number of alkyl halides is 2. The van der Waals surface area contributed by atoms with E-state index in [2.05, 4.69) is 13.8 Å². The van der Waals surface area contributed by atoms with Gasteiger partial charge in [0, 0.05) is 10.5 Å². The Bertz CT molecular complexity index is 455. The van der Waals surface area contributed by atoms with Gasteiger partial charge in [0.15, 0.2) is 5.78 Å². The monoisotopic (exact) mass is 358 g/mol. The lowest BCUT2D eigenvalue weighted by Gasteiger charge is -2.24. The second-order valence-electron chi connectivity index (χ2n) is 5.96. The molecular formula is C20H32F2OS. The Morgan fingerprint density at radius 1 is 1.17 bits per heavy atom. The van der Waals surface area contributed by atoms with Crippen LogP contribution in [0.3, 0.4) is 0 Å². The van der Waals surface area contributed by atoms with Gasteiger partial charge in [0.2, 0.25) is 0 Å². The highest BCUT2D eigenvalue weighted by atomic mass is 32.2. The van der Waals surface area contributed by atoms with Crippen molar-refractivity contribution in [1.29, 1.82) is 0 Å². The molecule has 1 aromatic rings. The third-order valence-electron chi connectivity index (χ3n) is 4.20. The molecule has 0 bridgehead atoms. The molecule has 1 saturated carbocycles. The number of Topliss-reactive ketones (excluding diaryl/α,β-unsaturated/α-hetero) is 1. The van der Waals surface area contributed by atoms with E-state index < -0.39 is 5.76 Å². The van der Waals surface area contributed by atoms with E-state index in [0.29, 0.717) is 22.2 Å². The average Bonchev–Trinajstić information content (AvgIpc) is 2.58. The Labute approximate surface area is 150 Å². The highest BCUT2D eigenvalue weighted by molar-refractivity contribution is 7.99. The van der Waals surface area contributed by atoms with Gasteiger partial charge in [-0.15, -0.1) is 0 Å². The van der Waals surface area contributed by atoms with Crippen molar-refractivity contribution in [2.24, 2.45) is 11.8 Å². The minimum absolute atomic E-state index is 0.191. The molecule has 24 heavy (non-hydrogen) atoms. The van der Waals surface area contributed by atoms with Crippen molar-refractivity contribution in [1.82, 2.24) is 0 Å². The maximum atomic E-state index is 12.0. The Morgan fingerprint density at radius 3 is 2.17 bits per heavy atom. The average molecular weight is 359 g/mol. The molecule has 0 spiro atoms. The molecule has 1 aliphatic carbocycles. The second kappa shape index (κ2) is 13.4. The maximum absolute atomic E-state index is 12.0. The van der Waals surface area contributed by atoms with Crippen LogP contribution < -0.4 is 0 Å². The highest BCUT2D eigenvalue weighted by Gasteiger charge is 2.15. The molecule has 1 nitrogen and oxygen atoms in total.